The maximum atomic E-state index is 3.79. The first-order valence-electron chi connectivity index (χ1n) is 5.84. The molecule has 0 fully saturated rings. The molecule has 0 spiro atoms. The van der Waals surface area contributed by atoms with E-state index < -0.39 is 0 Å². The second-order valence-corrected chi connectivity index (χ2v) is 7.47. The van der Waals surface area contributed by atoms with Crippen LogP contribution in [0.4, 0.5) is 0 Å². The van der Waals surface area contributed by atoms with Crippen LogP contribution in [0.15, 0.2) is 16.6 Å². The zero-order chi connectivity index (χ0) is 12.7. The van der Waals surface area contributed by atoms with Gasteiger partial charge in [-0.15, -0.1) is 0 Å². The minimum Gasteiger partial charge on any atom is -0.0560 e. The largest absolute Gasteiger partial charge is 0.0560 e. The smallest absolute Gasteiger partial charge is 0.0250 e. The first-order valence-corrected chi connectivity index (χ1v) is 6.64. The molecule has 0 N–H and O–H groups in total. The van der Waals surface area contributed by atoms with Crippen LogP contribution in [0.3, 0.4) is 0 Å². The molecular formula is C15H23Br. The summed E-state index contributed by atoms with van der Waals surface area (Å²) in [4.78, 5) is 0. The number of halogens is 1. The van der Waals surface area contributed by atoms with Crippen molar-refractivity contribution in [1.82, 2.24) is 0 Å². The lowest BCUT2D eigenvalue weighted by atomic mass is 9.80. The molecule has 1 heteroatoms. The predicted molar refractivity (Wildman–Crippen MR) is 76.3 cm³/mol. The third-order valence-corrected chi connectivity index (χ3v) is 3.69. The van der Waals surface area contributed by atoms with Crippen molar-refractivity contribution in [3.63, 3.8) is 0 Å². The van der Waals surface area contributed by atoms with E-state index in [9.17, 15) is 0 Å². The van der Waals surface area contributed by atoms with Crippen molar-refractivity contribution in [2.24, 2.45) is 0 Å². The first-order chi connectivity index (χ1) is 7.03. The van der Waals surface area contributed by atoms with E-state index in [-0.39, 0.29) is 10.8 Å². The van der Waals surface area contributed by atoms with Gasteiger partial charge < -0.3 is 0 Å². The van der Waals surface area contributed by atoms with Gasteiger partial charge in [0.1, 0.15) is 0 Å². The highest BCUT2D eigenvalue weighted by Gasteiger charge is 2.24. The summed E-state index contributed by atoms with van der Waals surface area (Å²) in [6.07, 6.45) is 0. The van der Waals surface area contributed by atoms with Crippen LogP contribution < -0.4 is 0 Å². The van der Waals surface area contributed by atoms with Gasteiger partial charge in [-0.25, -0.2) is 0 Å². The van der Waals surface area contributed by atoms with Crippen LogP contribution in [-0.4, -0.2) is 0 Å². The molecule has 0 atom stereocenters. The molecule has 0 aliphatic carbocycles. The van der Waals surface area contributed by atoms with Crippen molar-refractivity contribution >= 4 is 15.9 Å². The van der Waals surface area contributed by atoms with Gasteiger partial charge in [0.25, 0.3) is 0 Å². The lowest BCUT2D eigenvalue weighted by Gasteiger charge is -2.28. The molecule has 1 aromatic rings. The molecule has 0 saturated carbocycles. The Kier molecular flexibility index (Phi) is 3.59. The zero-order valence-corrected chi connectivity index (χ0v) is 13.1. The Labute approximate surface area is 109 Å². The Bertz CT molecular complexity index is 354. The molecule has 0 amide bonds. The van der Waals surface area contributed by atoms with Crippen LogP contribution in [0, 0.1) is 6.92 Å². The molecule has 1 rings (SSSR count). The van der Waals surface area contributed by atoms with E-state index >= 15 is 0 Å². The van der Waals surface area contributed by atoms with Crippen LogP contribution in [0.2, 0.25) is 0 Å². The number of rotatable bonds is 0. The Hall–Kier alpha value is -0.300. The van der Waals surface area contributed by atoms with E-state index in [1.54, 1.807) is 0 Å². The molecule has 0 bridgehead atoms. The summed E-state index contributed by atoms with van der Waals surface area (Å²) in [6, 6.07) is 4.58. The number of hydrogen-bond donors (Lipinski definition) is 0. The highest BCUT2D eigenvalue weighted by Crippen LogP contribution is 2.38. The van der Waals surface area contributed by atoms with E-state index in [2.05, 4.69) is 76.5 Å². The molecule has 0 saturated heterocycles. The molecule has 0 aromatic heterocycles. The topological polar surface area (TPSA) is 0 Å². The van der Waals surface area contributed by atoms with E-state index in [4.69, 9.17) is 0 Å². The van der Waals surface area contributed by atoms with Crippen LogP contribution in [0.1, 0.15) is 58.2 Å². The van der Waals surface area contributed by atoms with Crippen molar-refractivity contribution in [1.29, 1.82) is 0 Å². The maximum Gasteiger partial charge on any atom is 0.0250 e. The Balaban J connectivity index is 3.51. The quantitative estimate of drug-likeness (QED) is 0.602. The van der Waals surface area contributed by atoms with Gasteiger partial charge in [0.05, 0.1) is 0 Å². The summed E-state index contributed by atoms with van der Waals surface area (Å²) in [5, 5.41) is 0. The fourth-order valence-corrected chi connectivity index (χ4v) is 3.28. The van der Waals surface area contributed by atoms with Crippen molar-refractivity contribution in [3.05, 3.63) is 33.3 Å². The molecule has 0 radical (unpaired) electrons. The van der Waals surface area contributed by atoms with Crippen LogP contribution in [-0.2, 0) is 10.8 Å². The summed E-state index contributed by atoms with van der Waals surface area (Å²) in [7, 11) is 0. The van der Waals surface area contributed by atoms with Gasteiger partial charge in [0, 0.05) is 4.47 Å². The lowest BCUT2D eigenvalue weighted by molar-refractivity contribution is 0.562. The van der Waals surface area contributed by atoms with E-state index in [1.807, 2.05) is 0 Å². The van der Waals surface area contributed by atoms with Gasteiger partial charge in [0.15, 0.2) is 0 Å². The second-order valence-electron chi connectivity index (χ2n) is 6.67. The van der Waals surface area contributed by atoms with Crippen molar-refractivity contribution < 1.29 is 0 Å². The standard InChI is InChI=1S/C15H23Br/c1-10-8-11(14(2,3)4)13(16)12(9-10)15(5,6)7/h8-9H,1-7H3. The molecular weight excluding hydrogens is 260 g/mol. The average Bonchev–Trinajstić information content (AvgIpc) is 2.04. The fourth-order valence-electron chi connectivity index (χ4n) is 1.86. The van der Waals surface area contributed by atoms with Gasteiger partial charge in [-0.3, -0.25) is 0 Å². The first kappa shape index (κ1) is 13.8. The molecule has 0 unspecified atom stereocenters. The van der Waals surface area contributed by atoms with Crippen molar-refractivity contribution in [2.45, 2.75) is 59.3 Å². The highest BCUT2D eigenvalue weighted by molar-refractivity contribution is 9.10. The summed E-state index contributed by atoms with van der Waals surface area (Å²) >= 11 is 3.79. The third-order valence-electron chi connectivity index (χ3n) is 2.83. The summed E-state index contributed by atoms with van der Waals surface area (Å²) in [5.74, 6) is 0. The van der Waals surface area contributed by atoms with Gasteiger partial charge in [-0.1, -0.05) is 75.2 Å². The number of benzene rings is 1. The summed E-state index contributed by atoms with van der Waals surface area (Å²) in [5.41, 5.74) is 4.52. The van der Waals surface area contributed by atoms with E-state index in [0.29, 0.717) is 0 Å². The SMILES string of the molecule is Cc1cc(C(C)(C)C)c(Br)c(C(C)(C)C)c1. The minimum absolute atomic E-state index is 0.185. The number of hydrogen-bond acceptors (Lipinski definition) is 0. The second kappa shape index (κ2) is 4.18. The molecule has 0 aliphatic rings. The van der Waals surface area contributed by atoms with Gasteiger partial charge in [-0.05, 0) is 28.9 Å². The van der Waals surface area contributed by atoms with Gasteiger partial charge >= 0.3 is 0 Å². The molecule has 16 heavy (non-hydrogen) atoms. The highest BCUT2D eigenvalue weighted by atomic mass is 79.9. The molecule has 1 aromatic carbocycles. The fraction of sp³-hybridized carbons (Fsp3) is 0.600. The predicted octanol–water partition coefficient (Wildman–Crippen LogP) is 5.35. The lowest BCUT2D eigenvalue weighted by Crippen LogP contribution is -2.18. The van der Waals surface area contributed by atoms with Crippen LogP contribution >= 0.6 is 15.9 Å². The molecule has 0 nitrogen and oxygen atoms in total. The maximum absolute atomic E-state index is 3.79. The monoisotopic (exact) mass is 282 g/mol. The van der Waals surface area contributed by atoms with Crippen LogP contribution in [0.25, 0.3) is 0 Å². The van der Waals surface area contributed by atoms with Crippen molar-refractivity contribution in [2.75, 3.05) is 0 Å². The zero-order valence-electron chi connectivity index (χ0n) is 11.5. The van der Waals surface area contributed by atoms with Crippen molar-refractivity contribution in [3.8, 4) is 0 Å². The molecule has 0 heterocycles. The summed E-state index contributed by atoms with van der Waals surface area (Å²) in [6.45, 7) is 15.8. The third kappa shape index (κ3) is 2.88. The summed E-state index contributed by atoms with van der Waals surface area (Å²) < 4.78 is 1.28. The van der Waals surface area contributed by atoms with Gasteiger partial charge in [-0.2, -0.15) is 0 Å². The Morgan fingerprint density at radius 2 is 1.12 bits per heavy atom. The number of aryl methyl sites for hydroxylation is 1. The molecule has 0 aliphatic heterocycles. The van der Waals surface area contributed by atoms with E-state index in [0.717, 1.165) is 0 Å². The minimum atomic E-state index is 0.185. The van der Waals surface area contributed by atoms with Crippen LogP contribution in [0.5, 0.6) is 0 Å². The molecule has 90 valence electrons. The van der Waals surface area contributed by atoms with Gasteiger partial charge in [0.2, 0.25) is 0 Å². The van der Waals surface area contributed by atoms with E-state index in [1.165, 1.54) is 21.2 Å². The Morgan fingerprint density at radius 1 is 0.812 bits per heavy atom. The normalized spacial score (nSPS) is 13.0. The average molecular weight is 283 g/mol. The Morgan fingerprint density at radius 3 is 1.38 bits per heavy atom.